The van der Waals surface area contributed by atoms with Crippen molar-refractivity contribution in [2.75, 3.05) is 19.0 Å². The van der Waals surface area contributed by atoms with E-state index in [-0.39, 0.29) is 12.1 Å². The Morgan fingerprint density at radius 3 is 2.20 bits per heavy atom. The van der Waals surface area contributed by atoms with E-state index in [2.05, 4.69) is 33.0 Å². The van der Waals surface area contributed by atoms with Crippen LogP contribution in [0.4, 0.5) is 5.69 Å². The predicted octanol–water partition coefficient (Wildman–Crippen LogP) is 3.93. The van der Waals surface area contributed by atoms with Gasteiger partial charge < -0.3 is 15.2 Å². The summed E-state index contributed by atoms with van der Waals surface area (Å²) in [5.74, 6) is 1.88. The van der Waals surface area contributed by atoms with E-state index in [1.165, 1.54) is 0 Å². The molecule has 0 aliphatic carbocycles. The largest absolute Gasteiger partial charge is 0.497 e. The lowest BCUT2D eigenvalue weighted by Crippen LogP contribution is -2.44. The third-order valence-electron chi connectivity index (χ3n) is 3.38. The van der Waals surface area contributed by atoms with Crippen LogP contribution in [0.2, 0.25) is 0 Å². The van der Waals surface area contributed by atoms with Gasteiger partial charge in [-0.1, -0.05) is 33.8 Å². The standard InChI is InChI=1S/C17H29NO2/c1-13(2)10-17(12-19,11-14(3)4)18-15-7-6-8-16(9-15)20-5/h6-9,13-14,18-19H,10-12H2,1-5H3. The molecule has 0 aliphatic rings. The molecule has 0 heterocycles. The van der Waals surface area contributed by atoms with Crippen molar-refractivity contribution in [3.63, 3.8) is 0 Å². The highest BCUT2D eigenvalue weighted by Crippen LogP contribution is 2.30. The predicted molar refractivity (Wildman–Crippen MR) is 85.3 cm³/mol. The lowest BCUT2D eigenvalue weighted by Gasteiger charge is -2.37. The van der Waals surface area contributed by atoms with Crippen LogP contribution in [-0.4, -0.2) is 24.4 Å². The number of hydrogen-bond donors (Lipinski definition) is 2. The summed E-state index contributed by atoms with van der Waals surface area (Å²) in [4.78, 5) is 0. The number of aliphatic hydroxyl groups excluding tert-OH is 1. The van der Waals surface area contributed by atoms with Crippen LogP contribution in [0.3, 0.4) is 0 Å². The fourth-order valence-electron chi connectivity index (χ4n) is 2.92. The molecule has 0 atom stereocenters. The van der Waals surface area contributed by atoms with E-state index in [1.807, 2.05) is 24.3 Å². The third kappa shape index (κ3) is 5.04. The molecule has 20 heavy (non-hydrogen) atoms. The minimum atomic E-state index is -0.269. The highest BCUT2D eigenvalue weighted by Gasteiger charge is 2.31. The molecule has 1 aromatic carbocycles. The van der Waals surface area contributed by atoms with E-state index < -0.39 is 0 Å². The second-order valence-electron chi connectivity index (χ2n) is 6.49. The van der Waals surface area contributed by atoms with Gasteiger partial charge in [-0.2, -0.15) is 0 Å². The quantitative estimate of drug-likeness (QED) is 0.757. The summed E-state index contributed by atoms with van der Waals surface area (Å²) in [6.07, 6.45) is 1.89. The van der Waals surface area contributed by atoms with Crippen LogP contribution in [0.5, 0.6) is 5.75 Å². The molecule has 0 fully saturated rings. The Kier molecular flexibility index (Phi) is 6.34. The molecular formula is C17H29NO2. The van der Waals surface area contributed by atoms with Gasteiger partial charge in [-0.25, -0.2) is 0 Å². The minimum absolute atomic E-state index is 0.139. The second-order valence-corrected chi connectivity index (χ2v) is 6.49. The second kappa shape index (κ2) is 7.53. The van der Waals surface area contributed by atoms with Crippen molar-refractivity contribution >= 4 is 5.69 Å². The average Bonchev–Trinajstić information content (AvgIpc) is 2.37. The van der Waals surface area contributed by atoms with Crippen LogP contribution in [0.25, 0.3) is 0 Å². The number of anilines is 1. The molecule has 0 saturated heterocycles. The van der Waals surface area contributed by atoms with Crippen molar-refractivity contribution in [2.24, 2.45) is 11.8 Å². The van der Waals surface area contributed by atoms with Gasteiger partial charge in [0.15, 0.2) is 0 Å². The van der Waals surface area contributed by atoms with Crippen molar-refractivity contribution < 1.29 is 9.84 Å². The minimum Gasteiger partial charge on any atom is -0.497 e. The summed E-state index contributed by atoms with van der Waals surface area (Å²) in [6, 6.07) is 7.89. The van der Waals surface area contributed by atoms with Gasteiger partial charge in [-0.15, -0.1) is 0 Å². The van der Waals surface area contributed by atoms with Crippen LogP contribution in [0.15, 0.2) is 24.3 Å². The van der Waals surface area contributed by atoms with E-state index in [0.717, 1.165) is 24.3 Å². The lowest BCUT2D eigenvalue weighted by molar-refractivity contribution is 0.168. The fourth-order valence-corrected chi connectivity index (χ4v) is 2.92. The summed E-state index contributed by atoms with van der Waals surface area (Å²) in [7, 11) is 1.67. The molecule has 0 unspecified atom stereocenters. The van der Waals surface area contributed by atoms with Gasteiger partial charge in [0.2, 0.25) is 0 Å². The van der Waals surface area contributed by atoms with Gasteiger partial charge in [-0.3, -0.25) is 0 Å². The number of benzene rings is 1. The molecule has 0 saturated carbocycles. The van der Waals surface area contributed by atoms with Gasteiger partial charge in [0.25, 0.3) is 0 Å². The molecule has 2 N–H and O–H groups in total. The summed E-state index contributed by atoms with van der Waals surface area (Å²) >= 11 is 0. The summed E-state index contributed by atoms with van der Waals surface area (Å²) in [5, 5.41) is 13.5. The van der Waals surface area contributed by atoms with Gasteiger partial charge in [0, 0.05) is 11.8 Å². The monoisotopic (exact) mass is 279 g/mol. The summed E-state index contributed by atoms with van der Waals surface area (Å²) < 4.78 is 5.26. The van der Waals surface area contributed by atoms with Crippen molar-refractivity contribution in [1.29, 1.82) is 0 Å². The van der Waals surface area contributed by atoms with Crippen LogP contribution < -0.4 is 10.1 Å². The summed E-state index contributed by atoms with van der Waals surface area (Å²) in [6.45, 7) is 8.91. The topological polar surface area (TPSA) is 41.5 Å². The van der Waals surface area contributed by atoms with Crippen LogP contribution in [0, 0.1) is 11.8 Å². The van der Waals surface area contributed by atoms with Crippen molar-refractivity contribution in [3.05, 3.63) is 24.3 Å². The number of aliphatic hydroxyl groups is 1. The molecule has 0 aromatic heterocycles. The molecule has 0 aliphatic heterocycles. The zero-order chi connectivity index (χ0) is 15.2. The highest BCUT2D eigenvalue weighted by atomic mass is 16.5. The summed E-state index contributed by atoms with van der Waals surface area (Å²) in [5.41, 5.74) is 0.731. The van der Waals surface area contributed by atoms with Crippen molar-refractivity contribution in [3.8, 4) is 5.75 Å². The Morgan fingerprint density at radius 2 is 1.75 bits per heavy atom. The SMILES string of the molecule is COc1cccc(NC(CO)(CC(C)C)CC(C)C)c1. The molecule has 3 heteroatoms. The number of hydrogen-bond acceptors (Lipinski definition) is 3. The van der Waals surface area contributed by atoms with Gasteiger partial charge in [0.1, 0.15) is 5.75 Å². The Balaban J connectivity index is 2.97. The number of nitrogens with one attached hydrogen (secondary N) is 1. The molecule has 0 radical (unpaired) electrons. The molecule has 0 spiro atoms. The normalized spacial score (nSPS) is 12.0. The zero-order valence-electron chi connectivity index (χ0n) is 13.4. The van der Waals surface area contributed by atoms with E-state index in [4.69, 9.17) is 4.74 Å². The highest BCUT2D eigenvalue weighted by molar-refractivity contribution is 5.50. The van der Waals surface area contributed by atoms with Crippen LogP contribution in [-0.2, 0) is 0 Å². The zero-order valence-corrected chi connectivity index (χ0v) is 13.4. The Morgan fingerprint density at radius 1 is 1.15 bits per heavy atom. The maximum Gasteiger partial charge on any atom is 0.120 e. The lowest BCUT2D eigenvalue weighted by atomic mass is 9.82. The first-order valence-electron chi connectivity index (χ1n) is 7.44. The van der Waals surface area contributed by atoms with Crippen molar-refractivity contribution in [1.82, 2.24) is 0 Å². The van der Waals surface area contributed by atoms with E-state index >= 15 is 0 Å². The Bertz CT molecular complexity index is 392. The molecular weight excluding hydrogens is 250 g/mol. The third-order valence-corrected chi connectivity index (χ3v) is 3.38. The van der Waals surface area contributed by atoms with E-state index in [0.29, 0.717) is 11.8 Å². The van der Waals surface area contributed by atoms with E-state index in [1.54, 1.807) is 7.11 Å². The van der Waals surface area contributed by atoms with Crippen LogP contribution in [0.1, 0.15) is 40.5 Å². The molecule has 114 valence electrons. The van der Waals surface area contributed by atoms with E-state index in [9.17, 15) is 5.11 Å². The Labute approximate surface area is 123 Å². The maximum absolute atomic E-state index is 9.97. The molecule has 0 bridgehead atoms. The first kappa shape index (κ1) is 16.8. The average molecular weight is 279 g/mol. The fraction of sp³-hybridized carbons (Fsp3) is 0.647. The van der Waals surface area contributed by atoms with Gasteiger partial charge in [-0.05, 0) is 36.8 Å². The first-order chi connectivity index (χ1) is 9.40. The maximum atomic E-state index is 9.97. The van der Waals surface area contributed by atoms with Crippen molar-refractivity contribution in [2.45, 2.75) is 46.1 Å². The number of ether oxygens (including phenoxy) is 1. The Hall–Kier alpha value is -1.22. The van der Waals surface area contributed by atoms with Gasteiger partial charge >= 0.3 is 0 Å². The molecule has 1 aromatic rings. The molecule has 1 rings (SSSR count). The number of rotatable bonds is 8. The van der Waals surface area contributed by atoms with Crippen LogP contribution >= 0.6 is 0 Å². The van der Waals surface area contributed by atoms with Gasteiger partial charge in [0.05, 0.1) is 19.3 Å². The first-order valence-corrected chi connectivity index (χ1v) is 7.44. The smallest absolute Gasteiger partial charge is 0.120 e. The molecule has 0 amide bonds. The molecule has 3 nitrogen and oxygen atoms in total. The number of methoxy groups -OCH3 is 1.